The van der Waals surface area contributed by atoms with Crippen LogP contribution in [0.5, 0.6) is 0 Å². The summed E-state index contributed by atoms with van der Waals surface area (Å²) in [6.45, 7) is 5.61. The van der Waals surface area contributed by atoms with E-state index in [1.54, 1.807) is 0 Å². The number of nitrogens with zero attached hydrogens (tertiary/aromatic N) is 4. The molecule has 0 amide bonds. The summed E-state index contributed by atoms with van der Waals surface area (Å²) >= 11 is 0. The molecule has 122 valence electrons. The van der Waals surface area contributed by atoms with Crippen LogP contribution in [-0.4, -0.2) is 39.0 Å². The fourth-order valence-corrected chi connectivity index (χ4v) is 3.39. The lowest BCUT2D eigenvalue weighted by Gasteiger charge is -2.35. The number of rotatable bonds is 6. The Labute approximate surface area is 138 Å². The summed E-state index contributed by atoms with van der Waals surface area (Å²) in [5.74, 6) is 2.16. The van der Waals surface area contributed by atoms with Crippen molar-refractivity contribution in [3.05, 3.63) is 48.5 Å². The zero-order chi connectivity index (χ0) is 15.6. The number of allylic oxidation sites excluding steroid dienone is 3. The van der Waals surface area contributed by atoms with Crippen molar-refractivity contribution in [3.63, 3.8) is 0 Å². The molecular weight excluding hydrogens is 284 g/mol. The van der Waals surface area contributed by atoms with E-state index >= 15 is 0 Å². The van der Waals surface area contributed by atoms with Gasteiger partial charge in [-0.15, -0.1) is 0 Å². The molecule has 0 radical (unpaired) electrons. The lowest BCUT2D eigenvalue weighted by molar-refractivity contribution is 0.283. The smallest absolute Gasteiger partial charge is 0.113 e. The minimum absolute atomic E-state index is 1.01. The first-order valence-corrected chi connectivity index (χ1v) is 8.98. The third kappa shape index (κ3) is 3.21. The number of hydrogen-bond donors (Lipinski definition) is 0. The van der Waals surface area contributed by atoms with E-state index in [2.05, 4.69) is 57.0 Å². The predicted octanol–water partition coefficient (Wildman–Crippen LogP) is 3.46. The van der Waals surface area contributed by atoms with Gasteiger partial charge in [0.25, 0.3) is 0 Å². The van der Waals surface area contributed by atoms with E-state index in [0.717, 1.165) is 37.7 Å². The third-order valence-electron chi connectivity index (χ3n) is 4.98. The Hall–Kier alpha value is -1.97. The van der Waals surface area contributed by atoms with Gasteiger partial charge in [0.05, 0.1) is 11.4 Å². The van der Waals surface area contributed by atoms with E-state index in [1.807, 2.05) is 6.20 Å². The molecule has 3 heterocycles. The second kappa shape index (κ2) is 6.26. The van der Waals surface area contributed by atoms with Crippen LogP contribution in [0.1, 0.15) is 38.4 Å². The Morgan fingerprint density at radius 1 is 1.13 bits per heavy atom. The maximum atomic E-state index is 4.49. The van der Waals surface area contributed by atoms with Crippen molar-refractivity contribution in [1.29, 1.82) is 0 Å². The molecule has 1 fully saturated rings. The first-order valence-electron chi connectivity index (χ1n) is 8.98. The van der Waals surface area contributed by atoms with Gasteiger partial charge in [0, 0.05) is 50.8 Å². The van der Waals surface area contributed by atoms with Gasteiger partial charge in [-0.1, -0.05) is 19.8 Å². The Balaban J connectivity index is 1.47. The van der Waals surface area contributed by atoms with Crippen LogP contribution in [0.4, 0.5) is 0 Å². The van der Waals surface area contributed by atoms with Gasteiger partial charge in [-0.2, -0.15) is 0 Å². The van der Waals surface area contributed by atoms with Gasteiger partial charge in [-0.05, 0) is 30.9 Å². The number of aromatic nitrogens is 2. The van der Waals surface area contributed by atoms with Crippen molar-refractivity contribution in [3.8, 4) is 0 Å². The molecular formula is C19H26N4. The summed E-state index contributed by atoms with van der Waals surface area (Å²) in [6, 6.07) is 0. The van der Waals surface area contributed by atoms with Crippen molar-refractivity contribution < 1.29 is 0 Å². The van der Waals surface area contributed by atoms with Gasteiger partial charge in [-0.3, -0.25) is 0 Å². The molecule has 2 aliphatic heterocycles. The summed E-state index contributed by atoms with van der Waals surface area (Å²) in [5, 5.41) is 0. The van der Waals surface area contributed by atoms with Crippen molar-refractivity contribution in [1.82, 2.24) is 19.4 Å². The van der Waals surface area contributed by atoms with Gasteiger partial charge in [-0.25, -0.2) is 4.98 Å². The summed E-state index contributed by atoms with van der Waals surface area (Å²) in [6.07, 6.45) is 19.5. The number of aryl methyl sites for hydroxylation is 1. The first kappa shape index (κ1) is 14.6. The van der Waals surface area contributed by atoms with E-state index in [4.69, 9.17) is 0 Å². The SMILES string of the molecule is CCCc1nccn1C1=CN2CCN(CCC3CC3)C=C2C=C1. The standard InChI is InChI=1S/C19H26N4/c1-2-3-19-20-9-11-23(19)18-7-6-17-14-21(10-8-16-4-5-16)12-13-22(17)15-18/h6-7,9,11,14-16H,2-5,8,10,12-13H2,1H3. The maximum Gasteiger partial charge on any atom is 0.113 e. The second-order valence-electron chi connectivity index (χ2n) is 6.87. The quantitative estimate of drug-likeness (QED) is 0.804. The van der Waals surface area contributed by atoms with Crippen LogP contribution < -0.4 is 0 Å². The number of hydrogen-bond acceptors (Lipinski definition) is 3. The molecule has 0 aromatic carbocycles. The van der Waals surface area contributed by atoms with Crippen LogP contribution in [0.3, 0.4) is 0 Å². The molecule has 1 aromatic rings. The van der Waals surface area contributed by atoms with Crippen LogP contribution >= 0.6 is 0 Å². The van der Waals surface area contributed by atoms with E-state index < -0.39 is 0 Å². The maximum absolute atomic E-state index is 4.49. The zero-order valence-electron chi connectivity index (χ0n) is 14.0. The second-order valence-corrected chi connectivity index (χ2v) is 6.87. The molecule has 4 nitrogen and oxygen atoms in total. The largest absolute Gasteiger partial charge is 0.374 e. The molecule has 4 heteroatoms. The summed E-state index contributed by atoms with van der Waals surface area (Å²) in [5.41, 5.74) is 2.53. The predicted molar refractivity (Wildman–Crippen MR) is 93.3 cm³/mol. The normalized spacial score (nSPS) is 20.4. The van der Waals surface area contributed by atoms with Gasteiger partial charge >= 0.3 is 0 Å². The highest BCUT2D eigenvalue weighted by atomic mass is 15.2. The topological polar surface area (TPSA) is 24.3 Å². The molecule has 0 saturated heterocycles. The fourth-order valence-electron chi connectivity index (χ4n) is 3.39. The Bertz CT molecular complexity index is 648. The zero-order valence-corrected chi connectivity index (χ0v) is 14.0. The molecule has 1 aliphatic carbocycles. The molecule has 1 aromatic heterocycles. The lowest BCUT2D eigenvalue weighted by Crippen LogP contribution is -2.36. The summed E-state index contributed by atoms with van der Waals surface area (Å²) in [7, 11) is 0. The molecule has 0 spiro atoms. The van der Waals surface area contributed by atoms with Gasteiger partial charge in [0.15, 0.2) is 0 Å². The van der Waals surface area contributed by atoms with Crippen molar-refractivity contribution in [2.45, 2.75) is 39.0 Å². The lowest BCUT2D eigenvalue weighted by atomic mass is 10.2. The van der Waals surface area contributed by atoms with E-state index in [1.165, 1.54) is 37.2 Å². The molecule has 3 aliphatic rings. The average Bonchev–Trinajstić information content (AvgIpc) is 3.30. The minimum Gasteiger partial charge on any atom is -0.374 e. The van der Waals surface area contributed by atoms with E-state index in [9.17, 15) is 0 Å². The van der Waals surface area contributed by atoms with E-state index in [-0.39, 0.29) is 0 Å². The molecule has 0 bridgehead atoms. The van der Waals surface area contributed by atoms with E-state index in [0.29, 0.717) is 0 Å². The van der Waals surface area contributed by atoms with Crippen LogP contribution in [-0.2, 0) is 6.42 Å². The van der Waals surface area contributed by atoms with Crippen LogP contribution in [0.2, 0.25) is 0 Å². The highest BCUT2D eigenvalue weighted by Gasteiger charge is 2.23. The van der Waals surface area contributed by atoms with Crippen molar-refractivity contribution in [2.24, 2.45) is 5.92 Å². The summed E-state index contributed by atoms with van der Waals surface area (Å²) < 4.78 is 2.22. The third-order valence-corrected chi connectivity index (χ3v) is 4.98. The van der Waals surface area contributed by atoms with Crippen LogP contribution in [0.15, 0.2) is 42.6 Å². The van der Waals surface area contributed by atoms with Crippen molar-refractivity contribution in [2.75, 3.05) is 19.6 Å². The molecule has 0 unspecified atom stereocenters. The Morgan fingerprint density at radius 2 is 2.00 bits per heavy atom. The number of fused-ring (bicyclic) bond motifs is 1. The Morgan fingerprint density at radius 3 is 2.83 bits per heavy atom. The van der Waals surface area contributed by atoms with Gasteiger partial charge in [0.1, 0.15) is 5.82 Å². The van der Waals surface area contributed by atoms with Gasteiger partial charge < -0.3 is 14.4 Å². The monoisotopic (exact) mass is 310 g/mol. The number of imidazole rings is 1. The first-order chi connectivity index (χ1) is 11.3. The molecule has 23 heavy (non-hydrogen) atoms. The minimum atomic E-state index is 1.01. The van der Waals surface area contributed by atoms with Crippen molar-refractivity contribution >= 4 is 5.70 Å². The van der Waals surface area contributed by atoms with Crippen LogP contribution in [0.25, 0.3) is 5.70 Å². The summed E-state index contributed by atoms with van der Waals surface area (Å²) in [4.78, 5) is 9.36. The Kier molecular flexibility index (Phi) is 3.98. The molecule has 0 atom stereocenters. The van der Waals surface area contributed by atoms with Gasteiger partial charge in [0.2, 0.25) is 0 Å². The average molecular weight is 310 g/mol. The molecule has 1 saturated carbocycles. The fraction of sp³-hybridized carbons (Fsp3) is 0.526. The molecule has 0 N–H and O–H groups in total. The highest BCUT2D eigenvalue weighted by Crippen LogP contribution is 2.33. The molecule has 4 rings (SSSR count). The highest BCUT2D eigenvalue weighted by molar-refractivity contribution is 5.61. The van der Waals surface area contributed by atoms with Crippen LogP contribution in [0, 0.1) is 5.92 Å².